The summed E-state index contributed by atoms with van der Waals surface area (Å²) in [6.45, 7) is 0. The van der Waals surface area contributed by atoms with Crippen LogP contribution in [0.1, 0.15) is 50.1 Å². The molecule has 0 bridgehead atoms. The maximum atomic E-state index is 6.39. The van der Waals surface area contributed by atoms with Crippen LogP contribution in [0.15, 0.2) is 29.2 Å². The van der Waals surface area contributed by atoms with Gasteiger partial charge in [0.15, 0.2) is 0 Å². The zero-order chi connectivity index (χ0) is 12.1. The van der Waals surface area contributed by atoms with Gasteiger partial charge in [-0.25, -0.2) is 0 Å². The van der Waals surface area contributed by atoms with Crippen molar-refractivity contribution in [2.24, 2.45) is 11.7 Å². The molecule has 1 aromatic carbocycles. The van der Waals surface area contributed by atoms with E-state index in [1.54, 1.807) is 11.8 Å². The molecule has 17 heavy (non-hydrogen) atoms. The number of benzene rings is 1. The number of rotatable bonds is 4. The van der Waals surface area contributed by atoms with Gasteiger partial charge in [0.05, 0.1) is 0 Å². The monoisotopic (exact) mass is 249 g/mol. The first kappa shape index (κ1) is 13.0. The SMILES string of the molecule is CSc1ccccc1C(N)CC1CCCCC1. The van der Waals surface area contributed by atoms with E-state index < -0.39 is 0 Å². The molecule has 0 spiro atoms. The van der Waals surface area contributed by atoms with E-state index in [0.717, 1.165) is 12.3 Å². The standard InChI is InChI=1S/C15H23NS/c1-17-15-10-6-5-9-13(15)14(16)11-12-7-3-2-4-8-12/h5-6,9-10,12,14H,2-4,7-8,11,16H2,1H3. The number of hydrogen-bond donors (Lipinski definition) is 1. The molecule has 1 aliphatic carbocycles. The summed E-state index contributed by atoms with van der Waals surface area (Å²) in [6, 6.07) is 8.81. The molecule has 2 N–H and O–H groups in total. The van der Waals surface area contributed by atoms with Gasteiger partial charge in [-0.15, -0.1) is 11.8 Å². The summed E-state index contributed by atoms with van der Waals surface area (Å²) >= 11 is 1.81. The molecule has 2 rings (SSSR count). The van der Waals surface area contributed by atoms with E-state index >= 15 is 0 Å². The van der Waals surface area contributed by atoms with Crippen LogP contribution in [-0.2, 0) is 0 Å². The Morgan fingerprint density at radius 2 is 1.94 bits per heavy atom. The van der Waals surface area contributed by atoms with E-state index in [1.165, 1.54) is 42.6 Å². The molecule has 2 heteroatoms. The minimum Gasteiger partial charge on any atom is -0.324 e. The van der Waals surface area contributed by atoms with E-state index in [-0.39, 0.29) is 6.04 Å². The zero-order valence-corrected chi connectivity index (χ0v) is 11.5. The molecule has 1 aromatic rings. The van der Waals surface area contributed by atoms with Crippen molar-refractivity contribution in [3.05, 3.63) is 29.8 Å². The highest BCUT2D eigenvalue weighted by Crippen LogP contribution is 2.33. The Hall–Kier alpha value is -0.470. The van der Waals surface area contributed by atoms with Gasteiger partial charge in [-0.2, -0.15) is 0 Å². The van der Waals surface area contributed by atoms with Gasteiger partial charge in [-0.3, -0.25) is 0 Å². The van der Waals surface area contributed by atoms with Gasteiger partial charge in [0, 0.05) is 10.9 Å². The quantitative estimate of drug-likeness (QED) is 0.801. The van der Waals surface area contributed by atoms with Crippen LogP contribution in [0.3, 0.4) is 0 Å². The second kappa shape index (κ2) is 6.46. The van der Waals surface area contributed by atoms with Crippen molar-refractivity contribution in [2.75, 3.05) is 6.26 Å². The van der Waals surface area contributed by atoms with Crippen LogP contribution in [0.2, 0.25) is 0 Å². The fourth-order valence-corrected chi connectivity index (χ4v) is 3.55. The zero-order valence-electron chi connectivity index (χ0n) is 10.7. The molecule has 1 atom stereocenters. The fourth-order valence-electron chi connectivity index (χ4n) is 2.88. The van der Waals surface area contributed by atoms with Crippen LogP contribution in [0, 0.1) is 5.92 Å². The van der Waals surface area contributed by atoms with Gasteiger partial charge in [-0.1, -0.05) is 50.3 Å². The van der Waals surface area contributed by atoms with Gasteiger partial charge in [0.2, 0.25) is 0 Å². The average Bonchev–Trinajstić information content (AvgIpc) is 2.40. The Bertz CT molecular complexity index is 345. The third kappa shape index (κ3) is 3.49. The minimum atomic E-state index is 0.224. The molecule has 1 unspecified atom stereocenters. The summed E-state index contributed by atoms with van der Waals surface area (Å²) in [5.74, 6) is 0.855. The van der Waals surface area contributed by atoms with E-state index in [0.29, 0.717) is 0 Å². The van der Waals surface area contributed by atoms with Crippen LogP contribution in [-0.4, -0.2) is 6.26 Å². The Morgan fingerprint density at radius 3 is 2.65 bits per heavy atom. The van der Waals surface area contributed by atoms with Crippen LogP contribution in [0.25, 0.3) is 0 Å². The number of thioether (sulfide) groups is 1. The lowest BCUT2D eigenvalue weighted by Crippen LogP contribution is -2.18. The van der Waals surface area contributed by atoms with Crippen LogP contribution in [0.4, 0.5) is 0 Å². The molecule has 0 saturated heterocycles. The van der Waals surface area contributed by atoms with E-state index in [9.17, 15) is 0 Å². The van der Waals surface area contributed by atoms with Crippen LogP contribution >= 0.6 is 11.8 Å². The Morgan fingerprint density at radius 1 is 1.24 bits per heavy atom. The van der Waals surface area contributed by atoms with Gasteiger partial charge >= 0.3 is 0 Å². The molecule has 0 aromatic heterocycles. The first-order valence-electron chi connectivity index (χ1n) is 6.69. The van der Waals surface area contributed by atoms with Crippen molar-refractivity contribution in [1.82, 2.24) is 0 Å². The second-order valence-electron chi connectivity index (χ2n) is 5.09. The lowest BCUT2D eigenvalue weighted by atomic mass is 9.83. The molecule has 1 fully saturated rings. The van der Waals surface area contributed by atoms with Crippen molar-refractivity contribution in [3.63, 3.8) is 0 Å². The number of hydrogen-bond acceptors (Lipinski definition) is 2. The highest BCUT2D eigenvalue weighted by Gasteiger charge is 2.18. The maximum Gasteiger partial charge on any atom is 0.0308 e. The number of nitrogens with two attached hydrogens (primary N) is 1. The highest BCUT2D eigenvalue weighted by molar-refractivity contribution is 7.98. The third-order valence-electron chi connectivity index (χ3n) is 3.85. The minimum absolute atomic E-state index is 0.224. The second-order valence-corrected chi connectivity index (χ2v) is 5.94. The maximum absolute atomic E-state index is 6.39. The molecule has 0 radical (unpaired) electrons. The molecule has 1 aliphatic rings. The molecule has 1 saturated carbocycles. The van der Waals surface area contributed by atoms with E-state index in [1.807, 2.05) is 0 Å². The fraction of sp³-hybridized carbons (Fsp3) is 0.600. The van der Waals surface area contributed by atoms with Crippen molar-refractivity contribution in [1.29, 1.82) is 0 Å². The largest absolute Gasteiger partial charge is 0.324 e. The lowest BCUT2D eigenvalue weighted by molar-refractivity contribution is 0.318. The van der Waals surface area contributed by atoms with Gasteiger partial charge in [0.1, 0.15) is 0 Å². The lowest BCUT2D eigenvalue weighted by Gasteiger charge is -2.25. The topological polar surface area (TPSA) is 26.0 Å². The average molecular weight is 249 g/mol. The first-order valence-corrected chi connectivity index (χ1v) is 7.92. The van der Waals surface area contributed by atoms with Gasteiger partial charge < -0.3 is 5.73 Å². The molecular formula is C15H23NS. The van der Waals surface area contributed by atoms with Crippen LogP contribution in [0.5, 0.6) is 0 Å². The summed E-state index contributed by atoms with van der Waals surface area (Å²) in [6.07, 6.45) is 10.3. The normalized spacial score (nSPS) is 19.2. The smallest absolute Gasteiger partial charge is 0.0308 e. The first-order chi connectivity index (χ1) is 8.31. The molecular weight excluding hydrogens is 226 g/mol. The van der Waals surface area contributed by atoms with Gasteiger partial charge in [-0.05, 0) is 30.2 Å². The van der Waals surface area contributed by atoms with Crippen molar-refractivity contribution < 1.29 is 0 Å². The van der Waals surface area contributed by atoms with Crippen molar-refractivity contribution in [2.45, 2.75) is 49.5 Å². The summed E-state index contributed by atoms with van der Waals surface area (Å²) in [4.78, 5) is 1.34. The third-order valence-corrected chi connectivity index (χ3v) is 4.66. The molecule has 0 aliphatic heterocycles. The van der Waals surface area contributed by atoms with Crippen LogP contribution < -0.4 is 5.73 Å². The van der Waals surface area contributed by atoms with Crippen molar-refractivity contribution >= 4 is 11.8 Å². The molecule has 94 valence electrons. The summed E-state index contributed by atoms with van der Waals surface area (Å²) in [5, 5.41) is 0. The molecule has 0 amide bonds. The van der Waals surface area contributed by atoms with E-state index in [2.05, 4.69) is 30.5 Å². The summed E-state index contributed by atoms with van der Waals surface area (Å²) in [7, 11) is 0. The Kier molecular flexibility index (Phi) is 4.93. The summed E-state index contributed by atoms with van der Waals surface area (Å²) < 4.78 is 0. The molecule has 0 heterocycles. The van der Waals surface area contributed by atoms with Crippen molar-refractivity contribution in [3.8, 4) is 0 Å². The Balaban J connectivity index is 2.00. The molecule has 1 nitrogen and oxygen atoms in total. The predicted molar refractivity (Wildman–Crippen MR) is 76.3 cm³/mol. The predicted octanol–water partition coefficient (Wildman–Crippen LogP) is 4.38. The van der Waals surface area contributed by atoms with Gasteiger partial charge in [0.25, 0.3) is 0 Å². The summed E-state index contributed by atoms with van der Waals surface area (Å²) in [5.41, 5.74) is 7.73. The Labute approximate surface area is 109 Å². The highest BCUT2D eigenvalue weighted by atomic mass is 32.2. The van der Waals surface area contributed by atoms with E-state index in [4.69, 9.17) is 5.73 Å².